The number of likely N-dealkylation sites (tertiary alicyclic amines) is 1. The molecule has 1 heterocycles. The van der Waals surface area contributed by atoms with Crippen molar-refractivity contribution in [2.45, 2.75) is 52.1 Å². The van der Waals surface area contributed by atoms with E-state index in [9.17, 15) is 0 Å². The quantitative estimate of drug-likeness (QED) is 0.864. The average molecular weight is 247 g/mol. The zero-order valence-electron chi connectivity index (χ0n) is 11.7. The summed E-state index contributed by atoms with van der Waals surface area (Å²) in [5.41, 5.74) is 4.30. The van der Waals surface area contributed by atoms with Gasteiger partial charge in [-0.1, -0.05) is 18.2 Å². The third kappa shape index (κ3) is 3.12. The summed E-state index contributed by atoms with van der Waals surface area (Å²) in [4.78, 5) is 2.60. The average Bonchev–Trinajstić information content (AvgIpc) is 2.79. The first-order chi connectivity index (χ1) is 8.72. The topological polar surface area (TPSA) is 23.5 Å². The van der Waals surface area contributed by atoms with Crippen LogP contribution >= 0.6 is 0 Å². The molecular weight excluding hydrogens is 222 g/mol. The third-order valence-corrected chi connectivity index (χ3v) is 4.20. The van der Waals surface area contributed by atoms with Crippen molar-refractivity contribution in [1.29, 1.82) is 0 Å². The molecule has 0 amide bonds. The molecule has 1 aliphatic rings. The lowest BCUT2D eigenvalue weighted by atomic mass is 10.0. The van der Waals surface area contributed by atoms with E-state index in [1.165, 1.54) is 36.1 Å². The van der Waals surface area contributed by atoms with Gasteiger partial charge in [-0.05, 0) is 62.8 Å². The van der Waals surface area contributed by atoms with Crippen molar-refractivity contribution in [2.75, 3.05) is 13.2 Å². The van der Waals surface area contributed by atoms with Gasteiger partial charge in [0, 0.05) is 19.2 Å². The van der Waals surface area contributed by atoms with Crippen LogP contribution in [0.5, 0.6) is 0 Å². The Morgan fingerprint density at radius 1 is 1.28 bits per heavy atom. The highest BCUT2D eigenvalue weighted by atomic mass is 16.2. The molecule has 0 aromatic heterocycles. The molecule has 1 aliphatic heterocycles. The minimum Gasteiger partial charge on any atom is -0.396 e. The maximum absolute atomic E-state index is 8.97. The Morgan fingerprint density at radius 3 is 2.67 bits per heavy atom. The van der Waals surface area contributed by atoms with Gasteiger partial charge in [0.1, 0.15) is 0 Å². The summed E-state index contributed by atoms with van der Waals surface area (Å²) in [7, 11) is 0. The van der Waals surface area contributed by atoms with E-state index in [0.717, 1.165) is 19.4 Å². The summed E-state index contributed by atoms with van der Waals surface area (Å²) < 4.78 is 0. The number of benzene rings is 1. The predicted octanol–water partition coefficient (Wildman–Crippen LogP) is 3.04. The number of aliphatic hydroxyl groups excluding tert-OH is 1. The molecule has 2 nitrogen and oxygen atoms in total. The lowest BCUT2D eigenvalue weighted by Crippen LogP contribution is -2.29. The van der Waals surface area contributed by atoms with Gasteiger partial charge in [0.25, 0.3) is 0 Å². The molecule has 0 spiro atoms. The monoisotopic (exact) mass is 247 g/mol. The van der Waals surface area contributed by atoms with E-state index in [-0.39, 0.29) is 0 Å². The standard InChI is InChI=1S/C16H25NO/c1-13-6-3-7-14(2)16(13)12-17-10-4-8-15(17)9-5-11-18/h3,6-7,15,18H,4-5,8-12H2,1-2H3. The minimum absolute atomic E-state index is 0.327. The van der Waals surface area contributed by atoms with Crippen LogP contribution in [0.3, 0.4) is 0 Å². The summed E-state index contributed by atoms with van der Waals surface area (Å²) in [5, 5.41) is 8.97. The maximum Gasteiger partial charge on any atom is 0.0431 e. The van der Waals surface area contributed by atoms with Crippen LogP contribution in [0.25, 0.3) is 0 Å². The molecule has 1 aromatic rings. The van der Waals surface area contributed by atoms with E-state index in [0.29, 0.717) is 12.6 Å². The summed E-state index contributed by atoms with van der Waals surface area (Å²) in [5.74, 6) is 0. The summed E-state index contributed by atoms with van der Waals surface area (Å²) in [6, 6.07) is 7.24. The van der Waals surface area contributed by atoms with Gasteiger partial charge in [-0.25, -0.2) is 0 Å². The number of aryl methyl sites for hydroxylation is 2. The molecule has 0 bridgehead atoms. The second kappa shape index (κ2) is 6.35. The van der Waals surface area contributed by atoms with Crippen LogP contribution in [0.15, 0.2) is 18.2 Å². The molecule has 1 saturated heterocycles. The fourth-order valence-corrected chi connectivity index (χ4v) is 3.06. The number of hydrogen-bond acceptors (Lipinski definition) is 2. The van der Waals surface area contributed by atoms with Crippen LogP contribution in [0.2, 0.25) is 0 Å². The van der Waals surface area contributed by atoms with Gasteiger partial charge in [-0.2, -0.15) is 0 Å². The van der Waals surface area contributed by atoms with Crippen LogP contribution in [0.1, 0.15) is 42.4 Å². The van der Waals surface area contributed by atoms with Crippen LogP contribution in [-0.4, -0.2) is 29.2 Å². The van der Waals surface area contributed by atoms with Gasteiger partial charge < -0.3 is 5.11 Å². The van der Waals surface area contributed by atoms with E-state index in [4.69, 9.17) is 5.11 Å². The summed E-state index contributed by atoms with van der Waals surface area (Å²) >= 11 is 0. The highest BCUT2D eigenvalue weighted by molar-refractivity contribution is 5.33. The number of hydrogen-bond donors (Lipinski definition) is 1. The normalized spacial score (nSPS) is 20.5. The van der Waals surface area contributed by atoms with Crippen molar-refractivity contribution in [3.05, 3.63) is 34.9 Å². The predicted molar refractivity (Wildman–Crippen MR) is 75.7 cm³/mol. The highest BCUT2D eigenvalue weighted by Crippen LogP contribution is 2.25. The Kier molecular flexibility index (Phi) is 4.79. The van der Waals surface area contributed by atoms with Gasteiger partial charge in [0.2, 0.25) is 0 Å². The van der Waals surface area contributed by atoms with Crippen LogP contribution in [0.4, 0.5) is 0 Å². The molecule has 1 atom stereocenters. The smallest absolute Gasteiger partial charge is 0.0431 e. The molecule has 0 saturated carbocycles. The molecule has 0 aliphatic carbocycles. The number of rotatable bonds is 5. The molecular formula is C16H25NO. The van der Waals surface area contributed by atoms with E-state index in [2.05, 4.69) is 36.9 Å². The first kappa shape index (κ1) is 13.6. The van der Waals surface area contributed by atoms with Crippen molar-refractivity contribution in [3.63, 3.8) is 0 Å². The van der Waals surface area contributed by atoms with Gasteiger partial charge >= 0.3 is 0 Å². The fraction of sp³-hybridized carbons (Fsp3) is 0.625. The Hall–Kier alpha value is -0.860. The first-order valence-corrected chi connectivity index (χ1v) is 7.12. The largest absolute Gasteiger partial charge is 0.396 e. The molecule has 100 valence electrons. The SMILES string of the molecule is Cc1cccc(C)c1CN1CCCC1CCCO. The van der Waals surface area contributed by atoms with Gasteiger partial charge in [0.05, 0.1) is 0 Å². The zero-order chi connectivity index (χ0) is 13.0. The summed E-state index contributed by atoms with van der Waals surface area (Å²) in [6.45, 7) is 7.04. The molecule has 1 aromatic carbocycles. The van der Waals surface area contributed by atoms with Crippen LogP contribution in [-0.2, 0) is 6.54 Å². The van der Waals surface area contributed by atoms with Crippen molar-refractivity contribution < 1.29 is 5.11 Å². The van der Waals surface area contributed by atoms with E-state index >= 15 is 0 Å². The molecule has 1 N–H and O–H groups in total. The van der Waals surface area contributed by atoms with Gasteiger partial charge in [0.15, 0.2) is 0 Å². The molecule has 1 fully saturated rings. The Labute approximate surface area is 111 Å². The maximum atomic E-state index is 8.97. The van der Waals surface area contributed by atoms with Gasteiger partial charge in [-0.3, -0.25) is 4.90 Å². The van der Waals surface area contributed by atoms with Crippen molar-refractivity contribution in [3.8, 4) is 0 Å². The summed E-state index contributed by atoms with van der Waals surface area (Å²) in [6.07, 6.45) is 4.68. The molecule has 2 heteroatoms. The number of nitrogens with zero attached hydrogens (tertiary/aromatic N) is 1. The van der Waals surface area contributed by atoms with Gasteiger partial charge in [-0.15, -0.1) is 0 Å². The molecule has 0 radical (unpaired) electrons. The molecule has 2 rings (SSSR count). The van der Waals surface area contributed by atoms with Crippen molar-refractivity contribution in [1.82, 2.24) is 4.90 Å². The van der Waals surface area contributed by atoms with Crippen LogP contribution in [0, 0.1) is 13.8 Å². The molecule has 18 heavy (non-hydrogen) atoms. The second-order valence-electron chi connectivity index (χ2n) is 5.50. The lowest BCUT2D eigenvalue weighted by Gasteiger charge is -2.26. The van der Waals surface area contributed by atoms with Crippen LogP contribution < -0.4 is 0 Å². The second-order valence-corrected chi connectivity index (χ2v) is 5.50. The Bertz CT molecular complexity index is 368. The number of aliphatic hydroxyl groups is 1. The van der Waals surface area contributed by atoms with E-state index < -0.39 is 0 Å². The van der Waals surface area contributed by atoms with E-state index in [1.807, 2.05) is 0 Å². The van der Waals surface area contributed by atoms with Crippen molar-refractivity contribution >= 4 is 0 Å². The lowest BCUT2D eigenvalue weighted by molar-refractivity contribution is 0.209. The highest BCUT2D eigenvalue weighted by Gasteiger charge is 2.24. The Morgan fingerprint density at radius 2 is 2.00 bits per heavy atom. The fourth-order valence-electron chi connectivity index (χ4n) is 3.06. The third-order valence-electron chi connectivity index (χ3n) is 4.20. The minimum atomic E-state index is 0.327. The van der Waals surface area contributed by atoms with E-state index in [1.54, 1.807) is 0 Å². The first-order valence-electron chi connectivity index (χ1n) is 7.12. The Balaban J connectivity index is 2.03. The van der Waals surface area contributed by atoms with Crippen molar-refractivity contribution in [2.24, 2.45) is 0 Å². The zero-order valence-corrected chi connectivity index (χ0v) is 11.7. The molecule has 1 unspecified atom stereocenters.